The molecular weight excluding hydrogens is 220 g/mol. The molecule has 2 unspecified atom stereocenters. The van der Waals surface area contributed by atoms with E-state index < -0.39 is 11.9 Å². The fourth-order valence-corrected chi connectivity index (χ4v) is 1.70. The number of carboxylic acid groups (broad SMARTS) is 1. The standard InChI is InChI=1S/C12H18N2O3/c1-4-10(5-2)13-12(17)14-6-9(7-14)8(3)11(15)16/h1,8-10H,5-7H2,2-3H3,(H,13,17)(H,15,16). The number of hydrogen-bond acceptors (Lipinski definition) is 2. The van der Waals surface area contributed by atoms with Crippen molar-refractivity contribution in [2.75, 3.05) is 13.1 Å². The van der Waals surface area contributed by atoms with Gasteiger partial charge < -0.3 is 15.3 Å². The number of hydrogen-bond donors (Lipinski definition) is 2. The van der Waals surface area contributed by atoms with E-state index in [1.807, 2.05) is 6.92 Å². The van der Waals surface area contributed by atoms with Gasteiger partial charge in [0.25, 0.3) is 0 Å². The van der Waals surface area contributed by atoms with Crippen LogP contribution >= 0.6 is 0 Å². The average molecular weight is 238 g/mol. The summed E-state index contributed by atoms with van der Waals surface area (Å²) >= 11 is 0. The number of carboxylic acids is 1. The first kappa shape index (κ1) is 13.4. The first-order chi connectivity index (χ1) is 7.99. The van der Waals surface area contributed by atoms with E-state index in [0.717, 1.165) is 0 Å². The molecule has 0 spiro atoms. The van der Waals surface area contributed by atoms with Crippen LogP contribution in [0.4, 0.5) is 4.79 Å². The van der Waals surface area contributed by atoms with E-state index in [4.69, 9.17) is 11.5 Å². The van der Waals surface area contributed by atoms with Crippen LogP contribution < -0.4 is 5.32 Å². The summed E-state index contributed by atoms with van der Waals surface area (Å²) in [6, 6.07) is -0.456. The third kappa shape index (κ3) is 3.13. The highest BCUT2D eigenvalue weighted by Crippen LogP contribution is 2.23. The number of terminal acetylenes is 1. The summed E-state index contributed by atoms with van der Waals surface area (Å²) in [7, 11) is 0. The van der Waals surface area contributed by atoms with Crippen LogP contribution in [0.15, 0.2) is 0 Å². The highest BCUT2D eigenvalue weighted by atomic mass is 16.4. The number of nitrogens with zero attached hydrogens (tertiary/aromatic N) is 1. The van der Waals surface area contributed by atoms with Gasteiger partial charge in [0.05, 0.1) is 12.0 Å². The number of aliphatic carboxylic acids is 1. The highest BCUT2D eigenvalue weighted by molar-refractivity contribution is 5.76. The molecule has 0 aromatic carbocycles. The van der Waals surface area contributed by atoms with Crippen molar-refractivity contribution in [3.05, 3.63) is 0 Å². The van der Waals surface area contributed by atoms with Gasteiger partial charge in [-0.1, -0.05) is 19.8 Å². The average Bonchev–Trinajstić information content (AvgIpc) is 2.23. The van der Waals surface area contributed by atoms with Gasteiger partial charge >= 0.3 is 12.0 Å². The zero-order valence-electron chi connectivity index (χ0n) is 10.1. The lowest BCUT2D eigenvalue weighted by Gasteiger charge is -2.41. The fourth-order valence-electron chi connectivity index (χ4n) is 1.70. The van der Waals surface area contributed by atoms with Crippen molar-refractivity contribution in [3.8, 4) is 12.3 Å². The SMILES string of the molecule is C#CC(CC)NC(=O)N1CC(C(C)C(=O)O)C1. The summed E-state index contributed by atoms with van der Waals surface area (Å²) in [4.78, 5) is 24.0. The molecule has 5 heteroatoms. The largest absolute Gasteiger partial charge is 0.481 e. The molecular formula is C12H18N2O3. The predicted octanol–water partition coefficient (Wildman–Crippen LogP) is 0.760. The number of amides is 2. The molecule has 1 saturated heterocycles. The molecule has 1 fully saturated rings. The van der Waals surface area contributed by atoms with Crippen LogP contribution in [0.5, 0.6) is 0 Å². The molecule has 0 bridgehead atoms. The second-order valence-electron chi connectivity index (χ2n) is 4.37. The number of carbonyl (C=O) groups is 2. The molecule has 1 rings (SSSR count). The maximum absolute atomic E-state index is 11.7. The van der Waals surface area contributed by atoms with Crippen LogP contribution in [0, 0.1) is 24.2 Å². The minimum Gasteiger partial charge on any atom is -0.481 e. The molecule has 17 heavy (non-hydrogen) atoms. The Morgan fingerprint density at radius 1 is 1.59 bits per heavy atom. The Kier molecular flexibility index (Phi) is 4.38. The van der Waals surface area contributed by atoms with Gasteiger partial charge in [-0.25, -0.2) is 4.79 Å². The molecule has 0 saturated carbocycles. The van der Waals surface area contributed by atoms with Crippen molar-refractivity contribution in [2.45, 2.75) is 26.3 Å². The maximum Gasteiger partial charge on any atom is 0.318 e. The Morgan fingerprint density at radius 3 is 2.59 bits per heavy atom. The van der Waals surface area contributed by atoms with E-state index in [1.54, 1.807) is 11.8 Å². The van der Waals surface area contributed by atoms with E-state index in [9.17, 15) is 9.59 Å². The van der Waals surface area contributed by atoms with Crippen LogP contribution in [0.3, 0.4) is 0 Å². The summed E-state index contributed by atoms with van der Waals surface area (Å²) in [5, 5.41) is 11.5. The molecule has 2 N–H and O–H groups in total. The van der Waals surface area contributed by atoms with E-state index in [2.05, 4.69) is 11.2 Å². The second-order valence-corrected chi connectivity index (χ2v) is 4.37. The molecule has 0 radical (unpaired) electrons. The number of rotatable bonds is 4. The minimum atomic E-state index is -0.815. The molecule has 1 aliphatic heterocycles. The van der Waals surface area contributed by atoms with Crippen molar-refractivity contribution >= 4 is 12.0 Å². The van der Waals surface area contributed by atoms with Crippen LogP contribution in [0.1, 0.15) is 20.3 Å². The van der Waals surface area contributed by atoms with Crippen LogP contribution in [-0.4, -0.2) is 41.1 Å². The van der Waals surface area contributed by atoms with Gasteiger partial charge in [0, 0.05) is 19.0 Å². The Balaban J connectivity index is 2.35. The van der Waals surface area contributed by atoms with Crippen molar-refractivity contribution in [3.63, 3.8) is 0 Å². The first-order valence-corrected chi connectivity index (χ1v) is 5.74. The zero-order chi connectivity index (χ0) is 13.0. The summed E-state index contributed by atoms with van der Waals surface area (Å²) < 4.78 is 0. The normalized spacial score (nSPS) is 18.8. The number of likely N-dealkylation sites (tertiary alicyclic amines) is 1. The van der Waals surface area contributed by atoms with Gasteiger partial charge in [0.1, 0.15) is 0 Å². The minimum absolute atomic E-state index is 0.0455. The molecule has 1 heterocycles. The lowest BCUT2D eigenvalue weighted by atomic mass is 9.87. The highest BCUT2D eigenvalue weighted by Gasteiger charge is 2.37. The van der Waals surface area contributed by atoms with Gasteiger partial charge in [-0.15, -0.1) is 6.42 Å². The van der Waals surface area contributed by atoms with Crippen molar-refractivity contribution in [2.24, 2.45) is 11.8 Å². The van der Waals surface area contributed by atoms with Gasteiger partial charge in [0.2, 0.25) is 0 Å². The number of carbonyl (C=O) groups excluding carboxylic acids is 1. The van der Waals surface area contributed by atoms with E-state index in [-0.39, 0.29) is 18.0 Å². The lowest BCUT2D eigenvalue weighted by Crippen LogP contribution is -2.57. The summed E-state index contributed by atoms with van der Waals surface area (Å²) in [5.41, 5.74) is 0. The van der Waals surface area contributed by atoms with Gasteiger partial charge in [-0.2, -0.15) is 0 Å². The van der Waals surface area contributed by atoms with Crippen molar-refractivity contribution in [1.82, 2.24) is 10.2 Å². The quantitative estimate of drug-likeness (QED) is 0.710. The van der Waals surface area contributed by atoms with Crippen LogP contribution in [-0.2, 0) is 4.79 Å². The lowest BCUT2D eigenvalue weighted by molar-refractivity contribution is -0.144. The maximum atomic E-state index is 11.7. The zero-order valence-corrected chi connectivity index (χ0v) is 10.1. The predicted molar refractivity (Wildman–Crippen MR) is 63.3 cm³/mol. The summed E-state index contributed by atoms with van der Waals surface area (Å²) in [6.45, 7) is 4.54. The van der Waals surface area contributed by atoms with Crippen molar-refractivity contribution < 1.29 is 14.7 Å². The Hall–Kier alpha value is -1.70. The molecule has 2 atom stereocenters. The second kappa shape index (κ2) is 5.58. The van der Waals surface area contributed by atoms with Gasteiger partial charge in [0.15, 0.2) is 0 Å². The smallest absolute Gasteiger partial charge is 0.318 e. The molecule has 1 aliphatic rings. The first-order valence-electron chi connectivity index (χ1n) is 5.74. The third-order valence-corrected chi connectivity index (χ3v) is 3.20. The topological polar surface area (TPSA) is 69.6 Å². The van der Waals surface area contributed by atoms with E-state index in [1.165, 1.54) is 0 Å². The monoisotopic (exact) mass is 238 g/mol. The van der Waals surface area contributed by atoms with E-state index >= 15 is 0 Å². The summed E-state index contributed by atoms with van der Waals surface area (Å²) in [6.07, 6.45) is 5.93. The molecule has 0 aromatic heterocycles. The van der Waals surface area contributed by atoms with Crippen molar-refractivity contribution in [1.29, 1.82) is 0 Å². The van der Waals surface area contributed by atoms with Gasteiger partial charge in [-0.05, 0) is 6.42 Å². The molecule has 0 aromatic rings. The molecule has 0 aliphatic carbocycles. The number of urea groups is 1. The molecule has 94 valence electrons. The van der Waals surface area contributed by atoms with Crippen LogP contribution in [0.25, 0.3) is 0 Å². The number of nitrogens with one attached hydrogen (secondary N) is 1. The van der Waals surface area contributed by atoms with Gasteiger partial charge in [-0.3, -0.25) is 4.79 Å². The molecule has 5 nitrogen and oxygen atoms in total. The Bertz CT molecular complexity index is 342. The third-order valence-electron chi connectivity index (χ3n) is 3.20. The van der Waals surface area contributed by atoms with Crippen LogP contribution in [0.2, 0.25) is 0 Å². The van der Waals surface area contributed by atoms with E-state index in [0.29, 0.717) is 19.5 Å². The Labute approximate surface area is 101 Å². The fraction of sp³-hybridized carbons (Fsp3) is 0.667. The summed E-state index contributed by atoms with van der Waals surface area (Å²) in [5.74, 6) is 1.31. The Morgan fingerprint density at radius 2 is 2.18 bits per heavy atom. The molecule has 2 amide bonds.